The smallest absolute Gasteiger partial charge is 0.224 e. The summed E-state index contributed by atoms with van der Waals surface area (Å²) in [6, 6.07) is -0.0847. The first-order chi connectivity index (χ1) is 7.09. The number of carbonyl (C=O) groups excluding carboxylic acids is 1. The molecule has 0 aromatic heterocycles. The molecule has 4 nitrogen and oxygen atoms in total. The number of amides is 1. The van der Waals surface area contributed by atoms with Crippen molar-refractivity contribution >= 4 is 5.91 Å². The minimum Gasteiger partial charge on any atom is -0.385 e. The van der Waals surface area contributed by atoms with E-state index in [1.165, 1.54) is 0 Å². The van der Waals surface area contributed by atoms with Gasteiger partial charge in [-0.25, -0.2) is 0 Å². The molecule has 4 heteroatoms. The van der Waals surface area contributed by atoms with E-state index >= 15 is 0 Å². The highest BCUT2D eigenvalue weighted by Gasteiger charge is 2.15. The molecule has 0 aromatic rings. The predicted octanol–water partition coefficient (Wildman–Crippen LogP) is 0.903. The SMILES string of the molecule is COCCCCCNC(=O)C(C)C(C)N. The Morgan fingerprint density at radius 2 is 2.00 bits per heavy atom. The van der Waals surface area contributed by atoms with Gasteiger partial charge in [0.25, 0.3) is 0 Å². The van der Waals surface area contributed by atoms with Gasteiger partial charge in [0.15, 0.2) is 0 Å². The van der Waals surface area contributed by atoms with Gasteiger partial charge < -0.3 is 15.8 Å². The van der Waals surface area contributed by atoms with Crippen LogP contribution in [0.25, 0.3) is 0 Å². The molecule has 2 atom stereocenters. The molecule has 3 N–H and O–H groups in total. The highest BCUT2D eigenvalue weighted by atomic mass is 16.5. The number of hydrogen-bond acceptors (Lipinski definition) is 3. The molecule has 90 valence electrons. The number of methoxy groups -OCH3 is 1. The molecule has 0 fully saturated rings. The van der Waals surface area contributed by atoms with Crippen molar-refractivity contribution in [1.29, 1.82) is 0 Å². The first-order valence-electron chi connectivity index (χ1n) is 5.61. The molecule has 15 heavy (non-hydrogen) atoms. The van der Waals surface area contributed by atoms with Gasteiger partial charge in [0, 0.05) is 32.2 Å². The van der Waals surface area contributed by atoms with Crippen LogP contribution in [0.15, 0.2) is 0 Å². The van der Waals surface area contributed by atoms with E-state index in [2.05, 4.69) is 5.32 Å². The number of rotatable bonds is 8. The number of hydrogen-bond donors (Lipinski definition) is 2. The van der Waals surface area contributed by atoms with E-state index in [0.29, 0.717) is 0 Å². The molecule has 0 aliphatic carbocycles. The molecule has 0 rings (SSSR count). The molecule has 0 saturated heterocycles. The van der Waals surface area contributed by atoms with Crippen molar-refractivity contribution in [3.05, 3.63) is 0 Å². The topological polar surface area (TPSA) is 64.3 Å². The number of carbonyl (C=O) groups is 1. The van der Waals surface area contributed by atoms with Crippen LogP contribution in [0.2, 0.25) is 0 Å². The fourth-order valence-corrected chi connectivity index (χ4v) is 1.16. The summed E-state index contributed by atoms with van der Waals surface area (Å²) in [6.45, 7) is 5.23. The summed E-state index contributed by atoms with van der Waals surface area (Å²) >= 11 is 0. The Hall–Kier alpha value is -0.610. The average Bonchev–Trinajstić information content (AvgIpc) is 2.21. The highest BCUT2D eigenvalue weighted by Crippen LogP contribution is 2.00. The fraction of sp³-hybridized carbons (Fsp3) is 0.909. The van der Waals surface area contributed by atoms with Crippen LogP contribution in [-0.4, -0.2) is 32.2 Å². The summed E-state index contributed by atoms with van der Waals surface area (Å²) in [5, 5.41) is 2.88. The molecule has 0 aromatic carbocycles. The monoisotopic (exact) mass is 216 g/mol. The normalized spacial score (nSPS) is 14.7. The molecule has 2 unspecified atom stereocenters. The zero-order valence-corrected chi connectivity index (χ0v) is 10.1. The van der Waals surface area contributed by atoms with Gasteiger partial charge in [0.05, 0.1) is 0 Å². The van der Waals surface area contributed by atoms with E-state index in [1.807, 2.05) is 13.8 Å². The van der Waals surface area contributed by atoms with Gasteiger partial charge in [-0.05, 0) is 26.2 Å². The van der Waals surface area contributed by atoms with Gasteiger partial charge in [-0.3, -0.25) is 4.79 Å². The standard InChI is InChI=1S/C11H24N2O2/c1-9(10(2)12)11(14)13-7-5-4-6-8-15-3/h9-10H,4-8,12H2,1-3H3,(H,13,14). The molecule has 1 amide bonds. The minimum absolute atomic E-state index is 0.0525. The maximum absolute atomic E-state index is 11.5. The quantitative estimate of drug-likeness (QED) is 0.593. The molecular formula is C11H24N2O2. The lowest BCUT2D eigenvalue weighted by molar-refractivity contribution is -0.124. The highest BCUT2D eigenvalue weighted by molar-refractivity contribution is 5.78. The van der Waals surface area contributed by atoms with Crippen molar-refractivity contribution in [3.8, 4) is 0 Å². The third kappa shape index (κ3) is 7.33. The molecule has 0 radical (unpaired) electrons. The van der Waals surface area contributed by atoms with Gasteiger partial charge in [0.2, 0.25) is 5.91 Å². The maximum atomic E-state index is 11.5. The van der Waals surface area contributed by atoms with Crippen LogP contribution in [-0.2, 0) is 9.53 Å². The Balaban J connectivity index is 3.39. The number of ether oxygens (including phenoxy) is 1. The van der Waals surface area contributed by atoms with Gasteiger partial charge in [-0.15, -0.1) is 0 Å². The van der Waals surface area contributed by atoms with Gasteiger partial charge in [-0.1, -0.05) is 6.92 Å². The van der Waals surface area contributed by atoms with Crippen molar-refractivity contribution < 1.29 is 9.53 Å². The summed E-state index contributed by atoms with van der Waals surface area (Å²) in [6.07, 6.45) is 3.14. The minimum atomic E-state index is -0.107. The van der Waals surface area contributed by atoms with Gasteiger partial charge in [0.1, 0.15) is 0 Å². The van der Waals surface area contributed by atoms with Gasteiger partial charge in [-0.2, -0.15) is 0 Å². The molecule has 0 bridgehead atoms. The Bertz CT molecular complexity index is 172. The second-order valence-corrected chi connectivity index (χ2v) is 3.99. The zero-order valence-electron chi connectivity index (χ0n) is 10.1. The fourth-order valence-electron chi connectivity index (χ4n) is 1.16. The molecule has 0 aliphatic rings. The maximum Gasteiger partial charge on any atom is 0.224 e. The second-order valence-electron chi connectivity index (χ2n) is 3.99. The summed E-state index contributed by atoms with van der Waals surface area (Å²) < 4.78 is 4.94. The van der Waals surface area contributed by atoms with E-state index in [9.17, 15) is 4.79 Å². The van der Waals surface area contributed by atoms with Gasteiger partial charge >= 0.3 is 0 Å². The third-order valence-electron chi connectivity index (χ3n) is 2.53. The Morgan fingerprint density at radius 1 is 1.33 bits per heavy atom. The summed E-state index contributed by atoms with van der Waals surface area (Å²) in [7, 11) is 1.70. The number of nitrogens with two attached hydrogens (primary N) is 1. The van der Waals surface area contributed by atoms with Crippen LogP contribution in [0.4, 0.5) is 0 Å². The van der Waals surface area contributed by atoms with Crippen LogP contribution in [0.5, 0.6) is 0 Å². The molecular weight excluding hydrogens is 192 g/mol. The molecule has 0 heterocycles. The first-order valence-corrected chi connectivity index (χ1v) is 5.61. The molecule has 0 saturated carbocycles. The lowest BCUT2D eigenvalue weighted by Gasteiger charge is -2.15. The van der Waals surface area contributed by atoms with Crippen molar-refractivity contribution in [1.82, 2.24) is 5.32 Å². The summed E-state index contributed by atoms with van der Waals surface area (Å²) in [5.41, 5.74) is 5.63. The van der Waals surface area contributed by atoms with Crippen LogP contribution < -0.4 is 11.1 Å². The Morgan fingerprint density at radius 3 is 2.53 bits per heavy atom. The summed E-state index contributed by atoms with van der Waals surface area (Å²) in [5.74, 6) is -0.0549. The van der Waals surface area contributed by atoms with Crippen molar-refractivity contribution in [3.63, 3.8) is 0 Å². The Labute approximate surface area is 92.6 Å². The second kappa shape index (κ2) is 8.68. The van der Waals surface area contributed by atoms with Crippen molar-refractivity contribution in [2.45, 2.75) is 39.2 Å². The average molecular weight is 216 g/mol. The zero-order chi connectivity index (χ0) is 11.7. The predicted molar refractivity (Wildman–Crippen MR) is 61.6 cm³/mol. The van der Waals surface area contributed by atoms with Crippen molar-refractivity contribution in [2.24, 2.45) is 11.7 Å². The van der Waals surface area contributed by atoms with Crippen LogP contribution in [0, 0.1) is 5.92 Å². The third-order valence-corrected chi connectivity index (χ3v) is 2.53. The van der Waals surface area contributed by atoms with E-state index in [1.54, 1.807) is 7.11 Å². The molecule has 0 aliphatic heterocycles. The van der Waals surface area contributed by atoms with E-state index in [4.69, 9.17) is 10.5 Å². The lowest BCUT2D eigenvalue weighted by Crippen LogP contribution is -2.38. The van der Waals surface area contributed by atoms with Crippen molar-refractivity contribution in [2.75, 3.05) is 20.3 Å². The van der Waals surface area contributed by atoms with Crippen LogP contribution in [0.3, 0.4) is 0 Å². The van der Waals surface area contributed by atoms with Crippen LogP contribution >= 0.6 is 0 Å². The Kier molecular flexibility index (Phi) is 8.33. The van der Waals surface area contributed by atoms with E-state index < -0.39 is 0 Å². The number of unbranched alkanes of at least 4 members (excludes halogenated alkanes) is 2. The lowest BCUT2D eigenvalue weighted by atomic mass is 10.0. The number of nitrogens with one attached hydrogen (secondary N) is 1. The molecule has 0 spiro atoms. The van der Waals surface area contributed by atoms with E-state index in [-0.39, 0.29) is 17.9 Å². The summed E-state index contributed by atoms with van der Waals surface area (Å²) in [4.78, 5) is 11.5. The largest absolute Gasteiger partial charge is 0.385 e. The van der Waals surface area contributed by atoms with Crippen LogP contribution in [0.1, 0.15) is 33.1 Å². The first kappa shape index (κ1) is 14.4. The van der Waals surface area contributed by atoms with E-state index in [0.717, 1.165) is 32.4 Å².